The number of carbonyl (C=O) groups excluding carboxylic acids is 2. The van der Waals surface area contributed by atoms with Gasteiger partial charge in [0.2, 0.25) is 11.9 Å². The number of amides is 2. The molecule has 0 atom stereocenters. The first-order chi connectivity index (χ1) is 17.5. The van der Waals surface area contributed by atoms with Crippen LogP contribution in [-0.4, -0.2) is 35.4 Å². The topological polar surface area (TPSA) is 78.4 Å². The van der Waals surface area contributed by atoms with Crippen molar-refractivity contribution in [1.82, 2.24) is 9.97 Å². The fraction of sp³-hybridized carbons (Fsp3) is 0.143. The predicted octanol–water partition coefficient (Wildman–Crippen LogP) is 4.75. The minimum absolute atomic E-state index is 0.0171. The van der Waals surface area contributed by atoms with Crippen molar-refractivity contribution in [2.75, 3.05) is 28.7 Å². The molecule has 7 nitrogen and oxygen atoms in total. The van der Waals surface area contributed by atoms with E-state index >= 15 is 0 Å². The third-order valence-corrected chi connectivity index (χ3v) is 6.67. The molecule has 4 aromatic rings. The first-order valence-electron chi connectivity index (χ1n) is 11.7. The lowest BCUT2D eigenvalue weighted by Gasteiger charge is -2.17. The van der Waals surface area contributed by atoms with Crippen molar-refractivity contribution in [3.05, 3.63) is 95.4 Å². The standard InChI is InChI=1S/C28H22FN5O2/c1-33-24-5-3-2-4-22(24)26-19(15-25(33)35)16-30-28(32-26)31-21-9-6-17(7-10-21)27(36)34-13-12-18-14-20(29)8-11-23(18)34/h2-11,14,16H,12-13,15H2,1H3,(H,30,31,32). The summed E-state index contributed by atoms with van der Waals surface area (Å²) in [5.41, 5.74) is 6.04. The second-order valence-corrected chi connectivity index (χ2v) is 8.90. The fourth-order valence-corrected chi connectivity index (χ4v) is 4.77. The summed E-state index contributed by atoms with van der Waals surface area (Å²) < 4.78 is 13.5. The molecule has 36 heavy (non-hydrogen) atoms. The molecule has 2 amide bonds. The average molecular weight is 480 g/mol. The number of nitrogens with one attached hydrogen (secondary N) is 1. The van der Waals surface area contributed by atoms with Crippen molar-refractivity contribution in [3.8, 4) is 11.3 Å². The molecule has 2 aliphatic rings. The number of carbonyl (C=O) groups is 2. The monoisotopic (exact) mass is 479 g/mol. The van der Waals surface area contributed by atoms with E-state index in [0.717, 1.165) is 39.4 Å². The summed E-state index contributed by atoms with van der Waals surface area (Å²) in [6, 6.07) is 19.3. The van der Waals surface area contributed by atoms with Crippen LogP contribution in [0.3, 0.4) is 0 Å². The van der Waals surface area contributed by atoms with Crippen LogP contribution in [0.4, 0.5) is 27.4 Å². The van der Waals surface area contributed by atoms with Gasteiger partial charge in [-0.05, 0) is 60.5 Å². The van der Waals surface area contributed by atoms with E-state index in [2.05, 4.69) is 10.3 Å². The lowest BCUT2D eigenvalue weighted by atomic mass is 10.1. The van der Waals surface area contributed by atoms with Gasteiger partial charge < -0.3 is 15.1 Å². The van der Waals surface area contributed by atoms with Crippen molar-refractivity contribution in [3.63, 3.8) is 0 Å². The molecule has 0 radical (unpaired) electrons. The van der Waals surface area contributed by atoms with Crippen LogP contribution in [-0.2, 0) is 17.6 Å². The SMILES string of the molecule is CN1C(=O)Cc2cnc(Nc3ccc(C(=O)N4CCc5cc(F)ccc54)cc3)nc2-c2ccccc21. The molecule has 0 saturated heterocycles. The minimum atomic E-state index is -0.291. The number of hydrogen-bond acceptors (Lipinski definition) is 5. The number of para-hydroxylation sites is 1. The normalized spacial score (nSPS) is 14.1. The first-order valence-corrected chi connectivity index (χ1v) is 11.7. The maximum atomic E-state index is 13.5. The Morgan fingerprint density at radius 3 is 2.64 bits per heavy atom. The van der Waals surface area contributed by atoms with Gasteiger partial charge in [0.1, 0.15) is 5.82 Å². The van der Waals surface area contributed by atoms with E-state index in [-0.39, 0.29) is 24.1 Å². The lowest BCUT2D eigenvalue weighted by molar-refractivity contribution is -0.117. The molecule has 0 saturated carbocycles. The molecule has 8 heteroatoms. The number of hydrogen-bond donors (Lipinski definition) is 1. The number of fused-ring (bicyclic) bond motifs is 4. The molecular formula is C28H22FN5O2. The van der Waals surface area contributed by atoms with Gasteiger partial charge in [0.05, 0.1) is 17.8 Å². The number of nitrogens with zero attached hydrogens (tertiary/aromatic N) is 4. The highest BCUT2D eigenvalue weighted by molar-refractivity contribution is 6.07. The van der Waals surface area contributed by atoms with Crippen LogP contribution in [0, 0.1) is 5.82 Å². The summed E-state index contributed by atoms with van der Waals surface area (Å²) >= 11 is 0. The van der Waals surface area contributed by atoms with Gasteiger partial charge in [-0.2, -0.15) is 0 Å². The van der Waals surface area contributed by atoms with Crippen molar-refractivity contribution < 1.29 is 14.0 Å². The van der Waals surface area contributed by atoms with E-state index in [9.17, 15) is 14.0 Å². The maximum absolute atomic E-state index is 13.5. The van der Waals surface area contributed by atoms with Crippen LogP contribution in [0.5, 0.6) is 0 Å². The van der Waals surface area contributed by atoms with E-state index in [0.29, 0.717) is 24.5 Å². The first kappa shape index (κ1) is 21.9. The van der Waals surface area contributed by atoms with Crippen molar-refractivity contribution in [2.45, 2.75) is 12.8 Å². The molecule has 1 aromatic heterocycles. The Labute approximate surface area is 207 Å². The van der Waals surface area contributed by atoms with Gasteiger partial charge in [-0.1, -0.05) is 18.2 Å². The van der Waals surface area contributed by atoms with E-state index < -0.39 is 0 Å². The van der Waals surface area contributed by atoms with E-state index in [4.69, 9.17) is 4.98 Å². The number of likely N-dealkylation sites (N-methyl/N-ethyl adjacent to an activating group) is 1. The quantitative estimate of drug-likeness (QED) is 0.459. The Hall–Kier alpha value is -4.59. The summed E-state index contributed by atoms with van der Waals surface area (Å²) in [5.74, 6) is -0.0363. The number of halogens is 1. The molecule has 0 unspecified atom stereocenters. The zero-order valence-electron chi connectivity index (χ0n) is 19.5. The Bertz CT molecular complexity index is 1520. The van der Waals surface area contributed by atoms with Gasteiger partial charge >= 0.3 is 0 Å². The molecule has 6 rings (SSSR count). The predicted molar refractivity (Wildman–Crippen MR) is 136 cm³/mol. The second-order valence-electron chi connectivity index (χ2n) is 8.90. The summed E-state index contributed by atoms with van der Waals surface area (Å²) in [4.78, 5) is 38.1. The number of benzene rings is 3. The Morgan fingerprint density at radius 2 is 1.81 bits per heavy atom. The highest BCUT2D eigenvalue weighted by atomic mass is 19.1. The average Bonchev–Trinajstić information content (AvgIpc) is 3.28. The maximum Gasteiger partial charge on any atom is 0.258 e. The van der Waals surface area contributed by atoms with E-state index in [1.807, 2.05) is 24.3 Å². The van der Waals surface area contributed by atoms with Gasteiger partial charge in [0.25, 0.3) is 5.91 Å². The van der Waals surface area contributed by atoms with Crippen LogP contribution in [0.15, 0.2) is 72.9 Å². The minimum Gasteiger partial charge on any atom is -0.324 e. The summed E-state index contributed by atoms with van der Waals surface area (Å²) in [7, 11) is 1.77. The van der Waals surface area contributed by atoms with Crippen LogP contribution in [0.2, 0.25) is 0 Å². The number of anilines is 4. The third kappa shape index (κ3) is 3.76. The Kier molecular flexibility index (Phi) is 5.21. The highest BCUT2D eigenvalue weighted by Gasteiger charge is 2.26. The molecule has 178 valence electrons. The van der Waals surface area contributed by atoms with Gasteiger partial charge in [0, 0.05) is 47.9 Å². The van der Waals surface area contributed by atoms with E-state index in [1.54, 1.807) is 53.4 Å². The van der Waals surface area contributed by atoms with Gasteiger partial charge in [-0.25, -0.2) is 14.4 Å². The van der Waals surface area contributed by atoms with Crippen LogP contribution in [0.1, 0.15) is 21.5 Å². The van der Waals surface area contributed by atoms with Gasteiger partial charge in [0.15, 0.2) is 0 Å². The zero-order valence-corrected chi connectivity index (χ0v) is 19.5. The highest BCUT2D eigenvalue weighted by Crippen LogP contribution is 2.35. The Morgan fingerprint density at radius 1 is 1.00 bits per heavy atom. The Balaban J connectivity index is 1.24. The molecular weight excluding hydrogens is 457 g/mol. The number of rotatable bonds is 3. The van der Waals surface area contributed by atoms with E-state index in [1.165, 1.54) is 12.1 Å². The molecule has 0 bridgehead atoms. The molecule has 0 fully saturated rings. The largest absolute Gasteiger partial charge is 0.324 e. The van der Waals surface area contributed by atoms with Crippen LogP contribution < -0.4 is 15.1 Å². The molecule has 0 spiro atoms. The fourth-order valence-electron chi connectivity index (χ4n) is 4.77. The summed E-state index contributed by atoms with van der Waals surface area (Å²) in [6.45, 7) is 0.528. The van der Waals surface area contributed by atoms with Crippen LogP contribution >= 0.6 is 0 Å². The molecule has 2 aliphatic heterocycles. The van der Waals surface area contributed by atoms with Crippen molar-refractivity contribution in [1.29, 1.82) is 0 Å². The molecule has 3 aromatic carbocycles. The molecule has 3 heterocycles. The van der Waals surface area contributed by atoms with Gasteiger partial charge in [-0.3, -0.25) is 9.59 Å². The summed E-state index contributed by atoms with van der Waals surface area (Å²) in [5, 5.41) is 3.20. The third-order valence-electron chi connectivity index (χ3n) is 6.67. The lowest BCUT2D eigenvalue weighted by Crippen LogP contribution is -2.28. The smallest absolute Gasteiger partial charge is 0.258 e. The van der Waals surface area contributed by atoms with Gasteiger partial charge in [-0.15, -0.1) is 0 Å². The van der Waals surface area contributed by atoms with Crippen LogP contribution in [0.25, 0.3) is 11.3 Å². The zero-order chi connectivity index (χ0) is 24.8. The molecule has 1 N–H and O–H groups in total. The summed E-state index contributed by atoms with van der Waals surface area (Å²) in [6.07, 6.45) is 2.55. The number of aromatic nitrogens is 2. The molecule has 0 aliphatic carbocycles. The van der Waals surface area contributed by atoms with Crippen molar-refractivity contribution >= 4 is 34.8 Å². The second kappa shape index (κ2) is 8.57. The van der Waals surface area contributed by atoms with Crippen molar-refractivity contribution in [2.24, 2.45) is 0 Å².